The van der Waals surface area contributed by atoms with Gasteiger partial charge in [0, 0.05) is 25.3 Å². The van der Waals surface area contributed by atoms with E-state index in [0.29, 0.717) is 40.7 Å². The van der Waals surface area contributed by atoms with Gasteiger partial charge >= 0.3 is 0 Å². The SMILES string of the molecule is CCCn1ncc2c(=O)n3c(nc21)CN(c1ccc(Cl)c(Cl)c1)CC3. The highest BCUT2D eigenvalue weighted by atomic mass is 35.5. The molecule has 0 spiro atoms. The first kappa shape index (κ1) is 16.4. The molecule has 0 aliphatic carbocycles. The van der Waals surface area contributed by atoms with Crippen molar-refractivity contribution in [3.05, 3.63) is 50.6 Å². The molecule has 0 saturated heterocycles. The fourth-order valence-corrected chi connectivity index (χ4v) is 3.48. The summed E-state index contributed by atoms with van der Waals surface area (Å²) in [5, 5.41) is 5.94. The molecule has 6 nitrogen and oxygen atoms in total. The van der Waals surface area contributed by atoms with Crippen molar-refractivity contribution in [2.24, 2.45) is 0 Å². The van der Waals surface area contributed by atoms with Crippen LogP contribution in [-0.2, 0) is 19.6 Å². The fraction of sp³-hybridized carbons (Fsp3) is 0.353. The van der Waals surface area contributed by atoms with Crippen molar-refractivity contribution in [3.8, 4) is 0 Å². The van der Waals surface area contributed by atoms with Crippen LogP contribution in [0.25, 0.3) is 11.0 Å². The van der Waals surface area contributed by atoms with Gasteiger partial charge in [-0.05, 0) is 24.6 Å². The molecular weight excluding hydrogens is 361 g/mol. The molecule has 1 aromatic carbocycles. The average Bonchev–Trinajstić information content (AvgIpc) is 3.01. The van der Waals surface area contributed by atoms with E-state index in [1.807, 2.05) is 12.1 Å². The van der Waals surface area contributed by atoms with Gasteiger partial charge in [0.2, 0.25) is 0 Å². The van der Waals surface area contributed by atoms with Gasteiger partial charge in [-0.25, -0.2) is 9.67 Å². The highest BCUT2D eigenvalue weighted by Crippen LogP contribution is 2.28. The zero-order valence-corrected chi connectivity index (χ0v) is 15.3. The Kier molecular flexibility index (Phi) is 4.17. The van der Waals surface area contributed by atoms with Crippen molar-refractivity contribution in [1.82, 2.24) is 19.3 Å². The molecule has 1 aliphatic rings. The smallest absolute Gasteiger partial charge is 0.264 e. The predicted octanol–water partition coefficient (Wildman–Crippen LogP) is 3.33. The summed E-state index contributed by atoms with van der Waals surface area (Å²) in [7, 11) is 0. The molecule has 25 heavy (non-hydrogen) atoms. The Balaban J connectivity index is 1.75. The summed E-state index contributed by atoms with van der Waals surface area (Å²) in [6, 6.07) is 5.56. The third kappa shape index (κ3) is 2.79. The van der Waals surface area contributed by atoms with Gasteiger partial charge in [-0.2, -0.15) is 5.10 Å². The van der Waals surface area contributed by atoms with Crippen LogP contribution in [0.3, 0.4) is 0 Å². The first-order chi connectivity index (χ1) is 12.1. The van der Waals surface area contributed by atoms with Gasteiger partial charge in [0.15, 0.2) is 5.65 Å². The van der Waals surface area contributed by atoms with Gasteiger partial charge in [-0.1, -0.05) is 30.1 Å². The number of aromatic nitrogens is 4. The van der Waals surface area contributed by atoms with Gasteiger partial charge < -0.3 is 4.90 Å². The van der Waals surface area contributed by atoms with Gasteiger partial charge in [-0.15, -0.1) is 0 Å². The van der Waals surface area contributed by atoms with E-state index in [-0.39, 0.29) is 5.56 Å². The van der Waals surface area contributed by atoms with E-state index in [9.17, 15) is 4.79 Å². The zero-order valence-electron chi connectivity index (χ0n) is 13.7. The summed E-state index contributed by atoms with van der Waals surface area (Å²) in [4.78, 5) is 19.6. The quantitative estimate of drug-likeness (QED) is 0.702. The lowest BCUT2D eigenvalue weighted by Crippen LogP contribution is -2.40. The lowest BCUT2D eigenvalue weighted by molar-refractivity contribution is 0.532. The van der Waals surface area contributed by atoms with Crippen LogP contribution in [0.2, 0.25) is 10.0 Å². The van der Waals surface area contributed by atoms with E-state index < -0.39 is 0 Å². The van der Waals surface area contributed by atoms with Crippen LogP contribution < -0.4 is 10.5 Å². The van der Waals surface area contributed by atoms with E-state index in [1.165, 1.54) is 0 Å². The molecule has 1 aliphatic heterocycles. The second-order valence-electron chi connectivity index (χ2n) is 6.11. The van der Waals surface area contributed by atoms with E-state index >= 15 is 0 Å². The number of rotatable bonds is 3. The normalized spacial score (nSPS) is 14.1. The molecule has 0 unspecified atom stereocenters. The summed E-state index contributed by atoms with van der Waals surface area (Å²) in [5.41, 5.74) is 1.61. The maximum Gasteiger partial charge on any atom is 0.264 e. The van der Waals surface area contributed by atoms with E-state index in [4.69, 9.17) is 28.2 Å². The van der Waals surface area contributed by atoms with Gasteiger partial charge in [0.1, 0.15) is 11.2 Å². The summed E-state index contributed by atoms with van der Waals surface area (Å²) in [6.45, 7) is 4.65. The molecule has 0 amide bonds. The summed E-state index contributed by atoms with van der Waals surface area (Å²) >= 11 is 12.1. The monoisotopic (exact) mass is 377 g/mol. The van der Waals surface area contributed by atoms with Crippen molar-refractivity contribution in [2.45, 2.75) is 33.0 Å². The fourth-order valence-electron chi connectivity index (χ4n) is 3.19. The minimum atomic E-state index is -0.0175. The Bertz CT molecular complexity index is 1010. The summed E-state index contributed by atoms with van der Waals surface area (Å²) in [6.07, 6.45) is 2.56. The number of nitrogens with zero attached hydrogens (tertiary/aromatic N) is 5. The largest absolute Gasteiger partial charge is 0.362 e. The molecule has 130 valence electrons. The average molecular weight is 378 g/mol. The van der Waals surface area contributed by atoms with Crippen molar-refractivity contribution in [3.63, 3.8) is 0 Å². The maximum absolute atomic E-state index is 12.7. The molecule has 3 aromatic rings. The molecule has 0 bridgehead atoms. The third-order valence-electron chi connectivity index (χ3n) is 4.46. The van der Waals surface area contributed by atoms with Crippen LogP contribution in [0.5, 0.6) is 0 Å². The lowest BCUT2D eigenvalue weighted by atomic mass is 10.2. The molecular formula is C17H17Cl2N5O. The number of hydrogen-bond donors (Lipinski definition) is 0. The predicted molar refractivity (Wildman–Crippen MR) is 99.6 cm³/mol. The second kappa shape index (κ2) is 6.35. The van der Waals surface area contributed by atoms with Crippen LogP contribution in [0.1, 0.15) is 19.2 Å². The minimum absolute atomic E-state index is 0.0175. The number of aryl methyl sites for hydroxylation is 1. The first-order valence-corrected chi connectivity index (χ1v) is 8.99. The Morgan fingerprint density at radius 1 is 1.20 bits per heavy atom. The molecule has 0 saturated carbocycles. The molecule has 0 radical (unpaired) electrons. The highest BCUT2D eigenvalue weighted by Gasteiger charge is 2.22. The molecule has 4 rings (SSSR count). The van der Waals surface area contributed by atoms with Crippen LogP contribution in [-0.4, -0.2) is 25.9 Å². The number of anilines is 1. The van der Waals surface area contributed by atoms with E-state index in [2.05, 4.69) is 16.9 Å². The molecule has 8 heteroatoms. The lowest BCUT2D eigenvalue weighted by Gasteiger charge is -2.31. The topological polar surface area (TPSA) is 56.0 Å². The highest BCUT2D eigenvalue weighted by molar-refractivity contribution is 6.42. The van der Waals surface area contributed by atoms with Crippen LogP contribution in [0.15, 0.2) is 29.2 Å². The standard InChI is InChI=1S/C17H17Cl2N5O/c1-2-5-24-16-12(9-20-24)17(25)23-7-6-22(10-15(23)21-16)11-3-4-13(18)14(19)8-11/h3-4,8-9H,2,5-7,10H2,1H3. The maximum atomic E-state index is 12.7. The number of benzene rings is 1. The second-order valence-corrected chi connectivity index (χ2v) is 6.92. The van der Waals surface area contributed by atoms with E-state index in [0.717, 1.165) is 24.5 Å². The number of halogens is 2. The van der Waals surface area contributed by atoms with Crippen molar-refractivity contribution >= 4 is 39.9 Å². The third-order valence-corrected chi connectivity index (χ3v) is 5.20. The van der Waals surface area contributed by atoms with Crippen molar-refractivity contribution in [2.75, 3.05) is 11.4 Å². The van der Waals surface area contributed by atoms with E-state index in [1.54, 1.807) is 21.5 Å². The molecule has 0 fully saturated rings. The summed E-state index contributed by atoms with van der Waals surface area (Å²) < 4.78 is 3.55. The van der Waals surface area contributed by atoms with Crippen LogP contribution in [0, 0.1) is 0 Å². The summed E-state index contributed by atoms with van der Waals surface area (Å²) in [5.74, 6) is 0.743. The van der Waals surface area contributed by atoms with Crippen LogP contribution in [0.4, 0.5) is 5.69 Å². The number of fused-ring (bicyclic) bond motifs is 2. The first-order valence-electron chi connectivity index (χ1n) is 8.23. The van der Waals surface area contributed by atoms with Gasteiger partial charge in [0.25, 0.3) is 5.56 Å². The zero-order chi connectivity index (χ0) is 17.6. The Hall–Kier alpha value is -2.05. The Morgan fingerprint density at radius 3 is 2.80 bits per heavy atom. The van der Waals surface area contributed by atoms with Crippen molar-refractivity contribution in [1.29, 1.82) is 0 Å². The Labute approximate surface area is 154 Å². The molecule has 3 heterocycles. The molecule has 2 aromatic heterocycles. The molecule has 0 N–H and O–H groups in total. The van der Waals surface area contributed by atoms with Gasteiger partial charge in [-0.3, -0.25) is 9.36 Å². The minimum Gasteiger partial charge on any atom is -0.362 e. The van der Waals surface area contributed by atoms with Crippen molar-refractivity contribution < 1.29 is 0 Å². The van der Waals surface area contributed by atoms with Crippen LogP contribution >= 0.6 is 23.2 Å². The molecule has 0 atom stereocenters. The van der Waals surface area contributed by atoms with Gasteiger partial charge in [0.05, 0.1) is 22.8 Å². The Morgan fingerprint density at radius 2 is 2.04 bits per heavy atom. The number of hydrogen-bond acceptors (Lipinski definition) is 4.